The molecule has 0 bridgehead atoms. The third kappa shape index (κ3) is 7.42. The zero-order chi connectivity index (χ0) is 8.53. The Morgan fingerprint density at radius 1 is 1.36 bits per heavy atom. The summed E-state index contributed by atoms with van der Waals surface area (Å²) in [6.45, 7) is 5.29. The molecule has 0 amide bonds. The smallest absolute Gasteiger partial charge is 0.0658 e. The molecule has 11 heavy (non-hydrogen) atoms. The molecular weight excluding hydrogens is 134 g/mol. The van der Waals surface area contributed by atoms with E-state index in [9.17, 15) is 0 Å². The van der Waals surface area contributed by atoms with Crippen molar-refractivity contribution in [3.63, 3.8) is 0 Å². The maximum Gasteiger partial charge on any atom is 0.0658 e. The van der Waals surface area contributed by atoms with Gasteiger partial charge in [0, 0.05) is 0 Å². The van der Waals surface area contributed by atoms with E-state index in [4.69, 9.17) is 6.42 Å². The highest BCUT2D eigenvalue weighted by Gasteiger charge is 1.92. The maximum atomic E-state index is 5.20. The van der Waals surface area contributed by atoms with E-state index in [1.165, 1.54) is 25.7 Å². The predicted octanol–water partition coefficient (Wildman–Crippen LogP) is 2.18. The molecule has 0 aromatic heterocycles. The Bertz CT molecular complexity index is 113. The lowest BCUT2D eigenvalue weighted by molar-refractivity contribution is 0.579. The van der Waals surface area contributed by atoms with E-state index < -0.39 is 0 Å². The van der Waals surface area contributed by atoms with Crippen LogP contribution >= 0.6 is 0 Å². The minimum Gasteiger partial charge on any atom is -0.304 e. The van der Waals surface area contributed by atoms with Crippen LogP contribution in [0.3, 0.4) is 0 Å². The Balaban J connectivity index is 2.97. The number of nitrogens with one attached hydrogen (secondary N) is 1. The molecule has 0 fully saturated rings. The molecule has 1 atom stereocenters. The second kappa shape index (κ2) is 7.63. The quantitative estimate of drug-likeness (QED) is 0.455. The van der Waals surface area contributed by atoms with Crippen molar-refractivity contribution in [2.75, 3.05) is 6.54 Å². The van der Waals surface area contributed by atoms with Gasteiger partial charge in [-0.15, -0.1) is 6.42 Å². The van der Waals surface area contributed by atoms with E-state index in [0.717, 1.165) is 6.54 Å². The van der Waals surface area contributed by atoms with Gasteiger partial charge in [0.15, 0.2) is 0 Å². The van der Waals surface area contributed by atoms with Gasteiger partial charge in [-0.25, -0.2) is 0 Å². The van der Waals surface area contributed by atoms with Crippen molar-refractivity contribution in [2.24, 2.45) is 0 Å². The van der Waals surface area contributed by atoms with Gasteiger partial charge in [-0.3, -0.25) is 0 Å². The lowest BCUT2D eigenvalue weighted by Gasteiger charge is -2.05. The standard InChI is InChI=1S/C10H19N/c1-4-6-7-8-9-11-10(3)5-2/h2,10-11H,4,6-9H2,1,3H3. The number of hydrogen-bond acceptors (Lipinski definition) is 1. The highest BCUT2D eigenvalue weighted by molar-refractivity contribution is 4.95. The molecule has 0 heterocycles. The molecule has 0 aromatic carbocycles. The first-order chi connectivity index (χ1) is 5.31. The summed E-state index contributed by atoms with van der Waals surface area (Å²) in [6, 6.07) is 0.233. The molecule has 0 aliphatic carbocycles. The normalized spacial score (nSPS) is 12.5. The molecule has 1 heteroatoms. The fourth-order valence-electron chi connectivity index (χ4n) is 0.929. The van der Waals surface area contributed by atoms with E-state index >= 15 is 0 Å². The lowest BCUT2D eigenvalue weighted by atomic mass is 10.2. The Hall–Kier alpha value is -0.480. The van der Waals surface area contributed by atoms with Gasteiger partial charge in [0.2, 0.25) is 0 Å². The summed E-state index contributed by atoms with van der Waals surface area (Å²) in [6.07, 6.45) is 10.4. The lowest BCUT2D eigenvalue weighted by Crippen LogP contribution is -2.25. The maximum absolute atomic E-state index is 5.20. The highest BCUT2D eigenvalue weighted by Crippen LogP contribution is 1.97. The summed E-state index contributed by atoms with van der Waals surface area (Å²) < 4.78 is 0. The van der Waals surface area contributed by atoms with Crippen LogP contribution in [0.15, 0.2) is 0 Å². The summed E-state index contributed by atoms with van der Waals surface area (Å²) in [5.74, 6) is 2.64. The molecule has 0 rings (SSSR count). The van der Waals surface area contributed by atoms with Gasteiger partial charge < -0.3 is 5.32 Å². The Morgan fingerprint density at radius 2 is 2.09 bits per heavy atom. The Kier molecular flexibility index (Phi) is 7.29. The van der Waals surface area contributed by atoms with Gasteiger partial charge in [-0.2, -0.15) is 0 Å². The van der Waals surface area contributed by atoms with Crippen molar-refractivity contribution in [1.29, 1.82) is 0 Å². The van der Waals surface area contributed by atoms with Crippen molar-refractivity contribution in [3.8, 4) is 12.3 Å². The van der Waals surface area contributed by atoms with Gasteiger partial charge in [-0.05, 0) is 19.9 Å². The van der Waals surface area contributed by atoms with Crippen molar-refractivity contribution in [3.05, 3.63) is 0 Å². The largest absolute Gasteiger partial charge is 0.304 e. The van der Waals surface area contributed by atoms with E-state index in [-0.39, 0.29) is 6.04 Å². The first-order valence-electron chi connectivity index (χ1n) is 4.50. The van der Waals surface area contributed by atoms with Gasteiger partial charge in [0.05, 0.1) is 6.04 Å². The summed E-state index contributed by atoms with van der Waals surface area (Å²) in [4.78, 5) is 0. The summed E-state index contributed by atoms with van der Waals surface area (Å²) in [5, 5.41) is 3.26. The van der Waals surface area contributed by atoms with Crippen LogP contribution in [0.2, 0.25) is 0 Å². The van der Waals surface area contributed by atoms with Crippen LogP contribution in [-0.2, 0) is 0 Å². The molecule has 64 valence electrons. The molecule has 0 spiro atoms. The number of terminal acetylenes is 1. The molecule has 0 radical (unpaired) electrons. The average molecular weight is 153 g/mol. The molecule has 0 aliphatic heterocycles. The monoisotopic (exact) mass is 153 g/mol. The molecule has 0 aromatic rings. The zero-order valence-electron chi connectivity index (χ0n) is 7.69. The minimum atomic E-state index is 0.233. The van der Waals surface area contributed by atoms with Gasteiger partial charge >= 0.3 is 0 Å². The first-order valence-corrected chi connectivity index (χ1v) is 4.50. The summed E-state index contributed by atoms with van der Waals surface area (Å²) in [7, 11) is 0. The minimum absolute atomic E-state index is 0.233. The van der Waals surface area contributed by atoms with Crippen molar-refractivity contribution in [2.45, 2.75) is 45.6 Å². The molecule has 0 saturated carbocycles. The second-order valence-electron chi connectivity index (χ2n) is 2.90. The molecular formula is C10H19N. The van der Waals surface area contributed by atoms with E-state index in [1.807, 2.05) is 6.92 Å². The number of hydrogen-bond donors (Lipinski definition) is 1. The number of rotatable bonds is 6. The Labute approximate surface area is 70.6 Å². The fourth-order valence-corrected chi connectivity index (χ4v) is 0.929. The second-order valence-corrected chi connectivity index (χ2v) is 2.90. The molecule has 1 unspecified atom stereocenters. The van der Waals surface area contributed by atoms with Crippen molar-refractivity contribution >= 4 is 0 Å². The summed E-state index contributed by atoms with van der Waals surface area (Å²) in [5.41, 5.74) is 0. The molecule has 1 nitrogen and oxygen atoms in total. The molecule has 1 N–H and O–H groups in total. The zero-order valence-corrected chi connectivity index (χ0v) is 7.69. The molecule has 0 aliphatic rings. The first kappa shape index (κ1) is 10.5. The van der Waals surface area contributed by atoms with Crippen LogP contribution in [0, 0.1) is 12.3 Å². The average Bonchev–Trinajstić information content (AvgIpc) is 2.04. The Morgan fingerprint density at radius 3 is 2.64 bits per heavy atom. The van der Waals surface area contributed by atoms with Gasteiger partial charge in [0.25, 0.3) is 0 Å². The third-order valence-corrected chi connectivity index (χ3v) is 1.73. The third-order valence-electron chi connectivity index (χ3n) is 1.73. The molecule has 0 saturated heterocycles. The van der Waals surface area contributed by atoms with Gasteiger partial charge in [0.1, 0.15) is 0 Å². The SMILES string of the molecule is C#CC(C)NCCCCCC. The van der Waals surface area contributed by atoms with Crippen LogP contribution in [0.1, 0.15) is 39.5 Å². The van der Waals surface area contributed by atoms with Crippen LogP contribution in [0.5, 0.6) is 0 Å². The highest BCUT2D eigenvalue weighted by atomic mass is 14.9. The van der Waals surface area contributed by atoms with Crippen LogP contribution < -0.4 is 5.32 Å². The topological polar surface area (TPSA) is 12.0 Å². The van der Waals surface area contributed by atoms with Crippen molar-refractivity contribution in [1.82, 2.24) is 5.32 Å². The van der Waals surface area contributed by atoms with Crippen LogP contribution in [-0.4, -0.2) is 12.6 Å². The van der Waals surface area contributed by atoms with E-state index in [2.05, 4.69) is 18.2 Å². The number of unbranched alkanes of at least 4 members (excludes halogenated alkanes) is 3. The van der Waals surface area contributed by atoms with Gasteiger partial charge in [-0.1, -0.05) is 32.1 Å². The predicted molar refractivity (Wildman–Crippen MR) is 50.4 cm³/mol. The van der Waals surface area contributed by atoms with Crippen molar-refractivity contribution < 1.29 is 0 Å². The van der Waals surface area contributed by atoms with E-state index in [0.29, 0.717) is 0 Å². The summed E-state index contributed by atoms with van der Waals surface area (Å²) >= 11 is 0. The fraction of sp³-hybridized carbons (Fsp3) is 0.800. The van der Waals surface area contributed by atoms with Crippen LogP contribution in [0.4, 0.5) is 0 Å². The van der Waals surface area contributed by atoms with E-state index in [1.54, 1.807) is 0 Å². The van der Waals surface area contributed by atoms with Crippen LogP contribution in [0.25, 0.3) is 0 Å².